The first-order chi connectivity index (χ1) is 7.81. The molecule has 0 fully saturated rings. The summed E-state index contributed by atoms with van der Waals surface area (Å²) < 4.78 is 5.14. The molecule has 4 nitrogen and oxygen atoms in total. The maximum atomic E-state index is 5.93. The topological polar surface area (TPSA) is 60.2 Å². The Balaban J connectivity index is 2.09. The van der Waals surface area contributed by atoms with E-state index in [2.05, 4.69) is 10.3 Å². The number of nitrogens with zero attached hydrogens (tertiary/aromatic N) is 1. The van der Waals surface area contributed by atoms with Gasteiger partial charge in [0, 0.05) is 5.38 Å². The zero-order valence-electron chi connectivity index (χ0n) is 8.93. The molecule has 0 aliphatic heterocycles. The average Bonchev–Trinajstić information content (AvgIpc) is 2.81. The van der Waals surface area contributed by atoms with Crippen molar-refractivity contribution in [3.63, 3.8) is 0 Å². The van der Waals surface area contributed by atoms with Crippen molar-refractivity contribution in [2.24, 2.45) is 0 Å². The van der Waals surface area contributed by atoms with Gasteiger partial charge in [0.15, 0.2) is 0 Å². The Bertz CT molecular complexity index is 456. The van der Waals surface area contributed by atoms with Gasteiger partial charge in [0.1, 0.15) is 5.75 Å². The molecule has 1 aromatic carbocycles. The zero-order chi connectivity index (χ0) is 11.4. The summed E-state index contributed by atoms with van der Waals surface area (Å²) in [6, 6.07) is 5.66. The third-order valence-electron chi connectivity index (χ3n) is 2.23. The number of nitrogens with two attached hydrogens (primary N) is 1. The number of aromatic nitrogens is 1. The van der Waals surface area contributed by atoms with Gasteiger partial charge in [-0.25, -0.2) is 4.98 Å². The minimum absolute atomic E-state index is 0.625. The molecule has 0 aliphatic rings. The number of para-hydroxylation sites is 1. The first-order valence-electron chi connectivity index (χ1n) is 4.84. The van der Waals surface area contributed by atoms with Crippen LogP contribution < -0.4 is 15.8 Å². The monoisotopic (exact) mass is 235 g/mol. The van der Waals surface area contributed by atoms with E-state index in [1.807, 2.05) is 29.1 Å². The second-order valence-electron chi connectivity index (χ2n) is 3.25. The van der Waals surface area contributed by atoms with Gasteiger partial charge in [-0.1, -0.05) is 6.07 Å². The predicted molar refractivity (Wildman–Crippen MR) is 66.8 cm³/mol. The van der Waals surface area contributed by atoms with Crippen molar-refractivity contribution in [1.29, 1.82) is 0 Å². The summed E-state index contributed by atoms with van der Waals surface area (Å²) in [6.45, 7) is 0.668. The number of ether oxygens (including phenoxy) is 1. The lowest BCUT2D eigenvalue weighted by Gasteiger charge is -2.11. The summed E-state index contributed by atoms with van der Waals surface area (Å²) in [6.07, 6.45) is 0. The summed E-state index contributed by atoms with van der Waals surface area (Å²) >= 11 is 1.58. The molecule has 0 unspecified atom stereocenters. The Morgan fingerprint density at radius 2 is 2.38 bits per heavy atom. The fourth-order valence-electron chi connectivity index (χ4n) is 1.39. The molecule has 0 amide bonds. The predicted octanol–water partition coefficient (Wildman–Crippen LogP) is 2.35. The van der Waals surface area contributed by atoms with E-state index in [1.54, 1.807) is 18.4 Å². The highest BCUT2D eigenvalue weighted by molar-refractivity contribution is 7.07. The summed E-state index contributed by atoms with van der Waals surface area (Å²) in [5.41, 5.74) is 10.2. The number of rotatable bonds is 4. The fourth-order valence-corrected chi connectivity index (χ4v) is 1.95. The van der Waals surface area contributed by atoms with Gasteiger partial charge in [0.05, 0.1) is 36.2 Å². The second kappa shape index (κ2) is 4.85. The molecule has 0 aliphatic carbocycles. The number of benzene rings is 1. The maximum absolute atomic E-state index is 5.93. The lowest BCUT2D eigenvalue weighted by Crippen LogP contribution is -2.03. The minimum atomic E-state index is 0.625. The molecule has 3 N–H and O–H groups in total. The molecule has 0 bridgehead atoms. The SMILES string of the molecule is COc1cccc(NCc2cscn2)c1N. The number of nitrogen functional groups attached to an aromatic ring is 1. The standard InChI is InChI=1S/C11H13N3OS/c1-15-10-4-2-3-9(11(10)12)13-5-8-6-16-7-14-8/h2-4,6-7,13H,5,12H2,1H3. The van der Waals surface area contributed by atoms with Gasteiger partial charge in [-0.2, -0.15) is 0 Å². The van der Waals surface area contributed by atoms with Crippen LogP contribution in [0.4, 0.5) is 11.4 Å². The molecule has 0 spiro atoms. The molecule has 5 heteroatoms. The number of nitrogens with one attached hydrogen (secondary N) is 1. The highest BCUT2D eigenvalue weighted by Crippen LogP contribution is 2.29. The summed E-state index contributed by atoms with van der Waals surface area (Å²) in [5.74, 6) is 0.684. The molecule has 0 saturated heterocycles. The average molecular weight is 235 g/mol. The largest absolute Gasteiger partial charge is 0.495 e. The van der Waals surface area contributed by atoms with Crippen molar-refractivity contribution in [3.8, 4) is 5.75 Å². The van der Waals surface area contributed by atoms with Crippen LogP contribution in [0.1, 0.15) is 5.69 Å². The number of methoxy groups -OCH3 is 1. The van der Waals surface area contributed by atoms with Crippen molar-refractivity contribution in [1.82, 2.24) is 4.98 Å². The van der Waals surface area contributed by atoms with Crippen molar-refractivity contribution >= 4 is 22.7 Å². The van der Waals surface area contributed by atoms with Gasteiger partial charge >= 0.3 is 0 Å². The molecule has 2 aromatic rings. The van der Waals surface area contributed by atoms with Crippen LogP contribution in [0.15, 0.2) is 29.1 Å². The Morgan fingerprint density at radius 1 is 1.50 bits per heavy atom. The molecule has 84 valence electrons. The van der Waals surface area contributed by atoms with E-state index >= 15 is 0 Å². The quantitative estimate of drug-likeness (QED) is 0.799. The van der Waals surface area contributed by atoms with E-state index in [1.165, 1.54) is 0 Å². The Morgan fingerprint density at radius 3 is 3.06 bits per heavy atom. The smallest absolute Gasteiger partial charge is 0.143 e. The van der Waals surface area contributed by atoms with Crippen LogP contribution >= 0.6 is 11.3 Å². The van der Waals surface area contributed by atoms with Crippen LogP contribution in [0.2, 0.25) is 0 Å². The van der Waals surface area contributed by atoms with Crippen LogP contribution in [-0.4, -0.2) is 12.1 Å². The number of hydrogen-bond acceptors (Lipinski definition) is 5. The first-order valence-corrected chi connectivity index (χ1v) is 5.79. The Kier molecular flexibility index (Phi) is 3.26. The van der Waals surface area contributed by atoms with Gasteiger partial charge in [-0.05, 0) is 12.1 Å². The van der Waals surface area contributed by atoms with Crippen molar-refractivity contribution in [2.75, 3.05) is 18.2 Å². The van der Waals surface area contributed by atoms with Crippen molar-refractivity contribution in [2.45, 2.75) is 6.54 Å². The van der Waals surface area contributed by atoms with Crippen LogP contribution in [0.25, 0.3) is 0 Å². The van der Waals surface area contributed by atoms with E-state index in [0.29, 0.717) is 18.0 Å². The highest BCUT2D eigenvalue weighted by Gasteiger charge is 2.04. The number of thiazole rings is 1. The van der Waals surface area contributed by atoms with E-state index in [0.717, 1.165) is 11.4 Å². The van der Waals surface area contributed by atoms with E-state index in [4.69, 9.17) is 10.5 Å². The lowest BCUT2D eigenvalue weighted by atomic mass is 10.2. The Hall–Kier alpha value is -1.75. The molecule has 16 heavy (non-hydrogen) atoms. The van der Waals surface area contributed by atoms with E-state index in [9.17, 15) is 0 Å². The maximum Gasteiger partial charge on any atom is 0.143 e. The second-order valence-corrected chi connectivity index (χ2v) is 3.97. The molecule has 2 rings (SSSR count). The molecular formula is C11H13N3OS. The lowest BCUT2D eigenvalue weighted by molar-refractivity contribution is 0.417. The van der Waals surface area contributed by atoms with Crippen LogP contribution in [0, 0.1) is 0 Å². The molecule has 0 saturated carbocycles. The highest BCUT2D eigenvalue weighted by atomic mass is 32.1. The zero-order valence-corrected chi connectivity index (χ0v) is 9.75. The van der Waals surface area contributed by atoms with Gasteiger partial charge in [-0.15, -0.1) is 11.3 Å². The molecule has 1 aromatic heterocycles. The van der Waals surface area contributed by atoms with Crippen LogP contribution in [0.3, 0.4) is 0 Å². The third-order valence-corrected chi connectivity index (χ3v) is 2.86. The summed E-state index contributed by atoms with van der Waals surface area (Å²) in [5, 5.41) is 5.23. The normalized spacial score (nSPS) is 10.1. The molecule has 0 atom stereocenters. The third kappa shape index (κ3) is 2.25. The number of hydrogen-bond donors (Lipinski definition) is 2. The fraction of sp³-hybridized carbons (Fsp3) is 0.182. The van der Waals surface area contributed by atoms with Gasteiger partial charge in [-0.3, -0.25) is 0 Å². The number of anilines is 2. The van der Waals surface area contributed by atoms with Gasteiger partial charge < -0.3 is 15.8 Å². The van der Waals surface area contributed by atoms with Crippen LogP contribution in [-0.2, 0) is 6.54 Å². The Labute approximate surface area is 98.1 Å². The molecule has 1 heterocycles. The molecule has 0 radical (unpaired) electrons. The van der Waals surface area contributed by atoms with Crippen molar-refractivity contribution in [3.05, 3.63) is 34.8 Å². The van der Waals surface area contributed by atoms with Crippen LogP contribution in [0.5, 0.6) is 5.75 Å². The minimum Gasteiger partial charge on any atom is -0.495 e. The molecular weight excluding hydrogens is 222 g/mol. The van der Waals surface area contributed by atoms with E-state index < -0.39 is 0 Å². The summed E-state index contributed by atoms with van der Waals surface area (Å²) in [7, 11) is 1.61. The van der Waals surface area contributed by atoms with Gasteiger partial charge in [0.25, 0.3) is 0 Å². The first kappa shape index (κ1) is 10.8. The van der Waals surface area contributed by atoms with E-state index in [-0.39, 0.29) is 0 Å². The van der Waals surface area contributed by atoms with Crippen molar-refractivity contribution < 1.29 is 4.74 Å². The van der Waals surface area contributed by atoms with Gasteiger partial charge in [0.2, 0.25) is 0 Å². The summed E-state index contributed by atoms with van der Waals surface area (Å²) in [4.78, 5) is 4.19.